The molecule has 0 spiro atoms. The van der Waals surface area contributed by atoms with E-state index in [4.69, 9.17) is 26.1 Å². The number of anilines is 1. The van der Waals surface area contributed by atoms with E-state index in [0.717, 1.165) is 75.2 Å². The summed E-state index contributed by atoms with van der Waals surface area (Å²) in [4.78, 5) is 7.22. The van der Waals surface area contributed by atoms with Crippen LogP contribution in [0, 0.1) is 0 Å². The minimum absolute atomic E-state index is 0. The molecule has 29 heavy (non-hydrogen) atoms. The molecule has 2 aliphatic heterocycles. The highest BCUT2D eigenvalue weighted by Gasteiger charge is 2.32. The molecule has 0 saturated carbocycles. The molecule has 0 radical (unpaired) electrons. The molecule has 1 aromatic rings. The lowest BCUT2D eigenvalue weighted by molar-refractivity contribution is -0.0828. The summed E-state index contributed by atoms with van der Waals surface area (Å²) >= 11 is 6.41. The lowest BCUT2D eigenvalue weighted by atomic mass is 9.94. The van der Waals surface area contributed by atoms with Crippen LogP contribution in [0.25, 0.3) is 0 Å². The molecule has 1 unspecified atom stereocenters. The number of para-hydroxylation sites is 1. The van der Waals surface area contributed by atoms with Crippen LogP contribution in [0.1, 0.15) is 32.6 Å². The molecule has 6 nitrogen and oxygen atoms in total. The predicted octanol–water partition coefficient (Wildman–Crippen LogP) is 3.68. The number of nitrogens with one attached hydrogen (secondary N) is 2. The van der Waals surface area contributed by atoms with Gasteiger partial charge >= 0.3 is 0 Å². The van der Waals surface area contributed by atoms with E-state index in [1.807, 2.05) is 18.2 Å². The summed E-state index contributed by atoms with van der Waals surface area (Å²) in [6, 6.07) is 8.40. The van der Waals surface area contributed by atoms with Crippen LogP contribution in [-0.4, -0.2) is 64.1 Å². The first kappa shape index (κ1) is 24.5. The van der Waals surface area contributed by atoms with E-state index in [1.54, 1.807) is 7.11 Å². The Morgan fingerprint density at radius 2 is 2.10 bits per heavy atom. The Kier molecular flexibility index (Phi) is 10.3. The van der Waals surface area contributed by atoms with Gasteiger partial charge in [-0.15, -0.1) is 24.0 Å². The van der Waals surface area contributed by atoms with E-state index < -0.39 is 0 Å². The van der Waals surface area contributed by atoms with Gasteiger partial charge in [-0.05, 0) is 31.9 Å². The van der Waals surface area contributed by atoms with Crippen molar-refractivity contribution in [1.29, 1.82) is 0 Å². The number of hydrogen-bond acceptors (Lipinski definition) is 4. The number of nitrogens with zero attached hydrogens (tertiary/aromatic N) is 2. The number of ether oxygens (including phenoxy) is 2. The zero-order chi connectivity index (χ0) is 19.8. The second-order valence-electron chi connectivity index (χ2n) is 7.58. The number of rotatable bonds is 6. The van der Waals surface area contributed by atoms with Crippen molar-refractivity contribution in [2.24, 2.45) is 4.99 Å². The van der Waals surface area contributed by atoms with Gasteiger partial charge in [0.2, 0.25) is 0 Å². The highest BCUT2D eigenvalue weighted by molar-refractivity contribution is 14.0. The van der Waals surface area contributed by atoms with Crippen LogP contribution in [0.15, 0.2) is 29.3 Å². The monoisotopic (exact) mass is 536 g/mol. The van der Waals surface area contributed by atoms with Gasteiger partial charge in [0.05, 0.1) is 22.9 Å². The molecule has 164 valence electrons. The van der Waals surface area contributed by atoms with Crippen LogP contribution in [-0.2, 0) is 9.47 Å². The minimum atomic E-state index is -0.212. The third kappa shape index (κ3) is 6.87. The van der Waals surface area contributed by atoms with Crippen LogP contribution < -0.4 is 15.5 Å². The first-order valence-corrected chi connectivity index (χ1v) is 10.7. The van der Waals surface area contributed by atoms with Gasteiger partial charge in [-0.25, -0.2) is 0 Å². The first-order chi connectivity index (χ1) is 13.7. The zero-order valence-electron chi connectivity index (χ0n) is 17.5. The third-order valence-corrected chi connectivity index (χ3v) is 5.98. The highest BCUT2D eigenvalue weighted by Crippen LogP contribution is 2.28. The van der Waals surface area contributed by atoms with Gasteiger partial charge in [-0.3, -0.25) is 4.99 Å². The normalized spacial score (nSPS) is 22.0. The molecule has 2 fully saturated rings. The Morgan fingerprint density at radius 3 is 2.79 bits per heavy atom. The molecular weight excluding hydrogens is 503 g/mol. The lowest BCUT2D eigenvalue weighted by Crippen LogP contribution is -2.52. The fraction of sp³-hybridized carbons (Fsp3) is 0.667. The number of methoxy groups -OCH3 is 1. The van der Waals surface area contributed by atoms with Crippen molar-refractivity contribution in [3.8, 4) is 0 Å². The Morgan fingerprint density at radius 1 is 1.34 bits per heavy atom. The largest absolute Gasteiger partial charge is 0.381 e. The van der Waals surface area contributed by atoms with Crippen LogP contribution in [0.5, 0.6) is 0 Å². The first-order valence-electron chi connectivity index (χ1n) is 10.3. The molecule has 2 heterocycles. The Hall–Kier alpha value is -0.770. The summed E-state index contributed by atoms with van der Waals surface area (Å²) in [7, 11) is 1.78. The molecule has 0 aromatic heterocycles. The molecule has 2 aliphatic rings. The van der Waals surface area contributed by atoms with Crippen molar-refractivity contribution >= 4 is 47.2 Å². The molecule has 0 amide bonds. The maximum atomic E-state index is 6.41. The van der Waals surface area contributed by atoms with E-state index in [-0.39, 0.29) is 29.6 Å². The third-order valence-electron chi connectivity index (χ3n) is 5.66. The Bertz CT molecular complexity index is 655. The SMILES string of the molecule is CCNC(=NCC1(OC)CCOCC1)NC1CCCN(c2ccccc2Cl)C1.I. The topological polar surface area (TPSA) is 58.1 Å². The minimum Gasteiger partial charge on any atom is -0.381 e. The van der Waals surface area contributed by atoms with Gasteiger partial charge in [0, 0.05) is 58.8 Å². The summed E-state index contributed by atoms with van der Waals surface area (Å²) in [6.07, 6.45) is 4.02. The number of guanidine groups is 1. The molecule has 2 saturated heterocycles. The number of aliphatic imine (C=N–C) groups is 1. The Labute approximate surface area is 196 Å². The molecule has 0 aliphatic carbocycles. The molecule has 8 heteroatoms. The van der Waals surface area contributed by atoms with Crippen molar-refractivity contribution in [2.45, 2.75) is 44.2 Å². The molecule has 3 rings (SSSR count). The van der Waals surface area contributed by atoms with Crippen LogP contribution in [0.4, 0.5) is 5.69 Å². The van der Waals surface area contributed by atoms with E-state index in [0.29, 0.717) is 12.6 Å². The molecule has 1 aromatic carbocycles. The van der Waals surface area contributed by atoms with Crippen LogP contribution in [0.2, 0.25) is 5.02 Å². The quantitative estimate of drug-likeness (QED) is 0.330. The molecule has 0 bridgehead atoms. The van der Waals surface area contributed by atoms with Gasteiger partial charge in [0.1, 0.15) is 0 Å². The summed E-state index contributed by atoms with van der Waals surface area (Å²) in [6.45, 7) is 6.99. The highest BCUT2D eigenvalue weighted by atomic mass is 127. The van der Waals surface area contributed by atoms with Gasteiger partial charge < -0.3 is 25.0 Å². The zero-order valence-corrected chi connectivity index (χ0v) is 20.5. The van der Waals surface area contributed by atoms with E-state index in [1.165, 1.54) is 0 Å². The van der Waals surface area contributed by atoms with Crippen LogP contribution in [0.3, 0.4) is 0 Å². The summed E-state index contributed by atoms with van der Waals surface area (Å²) in [5.74, 6) is 0.858. The van der Waals surface area contributed by atoms with Crippen molar-refractivity contribution in [1.82, 2.24) is 10.6 Å². The number of halogens is 2. The molecule has 1 atom stereocenters. The summed E-state index contributed by atoms with van der Waals surface area (Å²) in [5.41, 5.74) is 0.898. The smallest absolute Gasteiger partial charge is 0.191 e. The summed E-state index contributed by atoms with van der Waals surface area (Å²) < 4.78 is 11.3. The number of piperidine rings is 1. The fourth-order valence-electron chi connectivity index (χ4n) is 3.93. The van der Waals surface area contributed by atoms with E-state index in [2.05, 4.69) is 28.5 Å². The van der Waals surface area contributed by atoms with E-state index >= 15 is 0 Å². The average molecular weight is 537 g/mol. The standard InChI is InChI=1S/C21H33ClN4O2.HI/c1-3-23-20(24-16-21(27-2)10-13-28-14-11-21)25-17-7-6-12-26(15-17)19-9-5-4-8-18(19)22;/h4-5,8-9,17H,3,6-7,10-16H2,1-2H3,(H2,23,24,25);1H. The van der Waals surface area contributed by atoms with Crippen LogP contribution >= 0.6 is 35.6 Å². The van der Waals surface area contributed by atoms with Gasteiger partial charge in [0.15, 0.2) is 5.96 Å². The van der Waals surface area contributed by atoms with Crippen molar-refractivity contribution in [3.05, 3.63) is 29.3 Å². The summed E-state index contributed by atoms with van der Waals surface area (Å²) in [5, 5.41) is 7.82. The maximum absolute atomic E-state index is 6.41. The van der Waals surface area contributed by atoms with Gasteiger partial charge in [-0.1, -0.05) is 23.7 Å². The number of benzene rings is 1. The fourth-order valence-corrected chi connectivity index (χ4v) is 4.18. The molecule has 2 N–H and O–H groups in total. The predicted molar refractivity (Wildman–Crippen MR) is 131 cm³/mol. The maximum Gasteiger partial charge on any atom is 0.191 e. The molecular formula is C21H34ClIN4O2. The second-order valence-corrected chi connectivity index (χ2v) is 7.98. The van der Waals surface area contributed by atoms with Crippen molar-refractivity contribution in [2.75, 3.05) is 51.4 Å². The van der Waals surface area contributed by atoms with Crippen molar-refractivity contribution in [3.63, 3.8) is 0 Å². The second kappa shape index (κ2) is 12.2. The van der Waals surface area contributed by atoms with E-state index in [9.17, 15) is 0 Å². The van der Waals surface area contributed by atoms with Crippen molar-refractivity contribution < 1.29 is 9.47 Å². The van der Waals surface area contributed by atoms with Gasteiger partial charge in [0.25, 0.3) is 0 Å². The Balaban J connectivity index is 0.00000300. The average Bonchev–Trinajstić information content (AvgIpc) is 2.73. The van der Waals surface area contributed by atoms with Gasteiger partial charge in [-0.2, -0.15) is 0 Å². The number of hydrogen-bond donors (Lipinski definition) is 2. The lowest BCUT2D eigenvalue weighted by Gasteiger charge is -2.36.